The van der Waals surface area contributed by atoms with Crippen molar-refractivity contribution in [3.8, 4) is 0 Å². The van der Waals surface area contributed by atoms with Gasteiger partial charge in [0.2, 0.25) is 5.91 Å². The van der Waals surface area contributed by atoms with Crippen molar-refractivity contribution < 1.29 is 13.2 Å². The molecule has 5 nitrogen and oxygen atoms in total. The molecule has 2 aromatic rings. The maximum Gasteiger partial charge on any atom is 0.261 e. The lowest BCUT2D eigenvalue weighted by Crippen LogP contribution is -2.20. The van der Waals surface area contributed by atoms with E-state index in [4.69, 9.17) is 11.6 Å². The highest BCUT2D eigenvalue weighted by Gasteiger charge is 2.23. The third kappa shape index (κ3) is 3.94. The number of amides is 1. The molecule has 0 aliphatic carbocycles. The molecule has 8 heteroatoms. The van der Waals surface area contributed by atoms with E-state index in [1.54, 1.807) is 37.3 Å². The van der Waals surface area contributed by atoms with Crippen LogP contribution in [-0.4, -0.2) is 20.1 Å². The summed E-state index contributed by atoms with van der Waals surface area (Å²) in [6, 6.07) is 9.70. The average molecular weight is 397 g/mol. The molecule has 3 rings (SSSR count). The second-order valence-electron chi connectivity index (χ2n) is 5.92. The van der Waals surface area contributed by atoms with Crippen molar-refractivity contribution >= 4 is 50.7 Å². The molecule has 25 heavy (non-hydrogen) atoms. The molecule has 2 aromatic carbocycles. The van der Waals surface area contributed by atoms with E-state index in [2.05, 4.69) is 10.0 Å². The van der Waals surface area contributed by atoms with Crippen molar-refractivity contribution in [2.75, 3.05) is 15.8 Å². The Hall–Kier alpha value is -1.70. The van der Waals surface area contributed by atoms with Gasteiger partial charge in [0.05, 0.1) is 16.3 Å². The Labute approximate surface area is 156 Å². The van der Waals surface area contributed by atoms with Crippen molar-refractivity contribution in [2.45, 2.75) is 23.6 Å². The molecule has 0 saturated carbocycles. The molecular formula is C17H17ClN2O3S2. The molecule has 0 radical (unpaired) electrons. The number of hydrogen-bond acceptors (Lipinski definition) is 4. The zero-order valence-corrected chi connectivity index (χ0v) is 16.1. The normalized spacial score (nSPS) is 17.4. The van der Waals surface area contributed by atoms with Crippen LogP contribution in [0.25, 0.3) is 0 Å². The van der Waals surface area contributed by atoms with Crippen molar-refractivity contribution in [3.63, 3.8) is 0 Å². The standard InChI is InChI=1S/C17H17ClN2O3S2/c1-10-7-12(18)3-5-14(10)20-25(22,23)13-4-6-16-15(8-13)19-17(21)11(2)9-24-16/h3-8,11,20H,9H2,1-2H3,(H,19,21). The molecule has 0 saturated heterocycles. The number of rotatable bonds is 3. The summed E-state index contributed by atoms with van der Waals surface area (Å²) in [7, 11) is -3.78. The number of nitrogens with one attached hydrogen (secondary N) is 2. The minimum Gasteiger partial charge on any atom is -0.325 e. The number of fused-ring (bicyclic) bond motifs is 1. The summed E-state index contributed by atoms with van der Waals surface area (Å²) in [4.78, 5) is 13.0. The van der Waals surface area contributed by atoms with Gasteiger partial charge in [-0.1, -0.05) is 18.5 Å². The van der Waals surface area contributed by atoms with Crippen molar-refractivity contribution in [1.29, 1.82) is 0 Å². The van der Waals surface area contributed by atoms with Crippen molar-refractivity contribution in [1.82, 2.24) is 0 Å². The second-order valence-corrected chi connectivity index (χ2v) is 9.10. The lowest BCUT2D eigenvalue weighted by Gasteiger charge is -2.13. The summed E-state index contributed by atoms with van der Waals surface area (Å²) in [6.07, 6.45) is 0. The van der Waals surface area contributed by atoms with Crippen LogP contribution in [0.4, 0.5) is 11.4 Å². The molecule has 1 unspecified atom stereocenters. The minimum atomic E-state index is -3.78. The van der Waals surface area contributed by atoms with Crippen LogP contribution in [-0.2, 0) is 14.8 Å². The summed E-state index contributed by atoms with van der Waals surface area (Å²) in [5, 5.41) is 3.34. The van der Waals surface area contributed by atoms with Gasteiger partial charge in [0.15, 0.2) is 0 Å². The Balaban J connectivity index is 1.93. The molecule has 1 atom stereocenters. The summed E-state index contributed by atoms with van der Waals surface area (Å²) in [6.45, 7) is 3.62. The zero-order chi connectivity index (χ0) is 18.2. The maximum atomic E-state index is 12.7. The number of carbonyl (C=O) groups is 1. The molecule has 0 bridgehead atoms. The molecule has 2 N–H and O–H groups in total. The van der Waals surface area contributed by atoms with Crippen LogP contribution in [0, 0.1) is 12.8 Å². The molecule has 0 aromatic heterocycles. The quantitative estimate of drug-likeness (QED) is 0.817. The molecule has 0 spiro atoms. The Kier molecular flexibility index (Phi) is 4.99. The van der Waals surface area contributed by atoms with E-state index in [9.17, 15) is 13.2 Å². The van der Waals surface area contributed by atoms with Gasteiger partial charge in [0.25, 0.3) is 10.0 Å². The first-order valence-electron chi connectivity index (χ1n) is 7.63. The van der Waals surface area contributed by atoms with Crippen LogP contribution in [0.1, 0.15) is 12.5 Å². The van der Waals surface area contributed by atoms with Crippen LogP contribution in [0.15, 0.2) is 46.2 Å². The van der Waals surface area contributed by atoms with Gasteiger partial charge in [0.1, 0.15) is 0 Å². The molecule has 1 amide bonds. The lowest BCUT2D eigenvalue weighted by molar-refractivity contribution is -0.118. The van der Waals surface area contributed by atoms with E-state index >= 15 is 0 Å². The fraction of sp³-hybridized carbons (Fsp3) is 0.235. The summed E-state index contributed by atoms with van der Waals surface area (Å²) < 4.78 is 28.0. The number of aryl methyl sites for hydroxylation is 1. The van der Waals surface area contributed by atoms with Gasteiger partial charge in [0, 0.05) is 21.6 Å². The largest absolute Gasteiger partial charge is 0.325 e. The number of hydrogen-bond donors (Lipinski definition) is 2. The molecule has 0 fully saturated rings. The van der Waals surface area contributed by atoms with Crippen LogP contribution in [0.2, 0.25) is 5.02 Å². The summed E-state index contributed by atoms with van der Waals surface area (Å²) in [5.74, 6) is 0.419. The number of sulfonamides is 1. The predicted molar refractivity (Wildman–Crippen MR) is 102 cm³/mol. The van der Waals surface area contributed by atoms with Gasteiger partial charge < -0.3 is 5.32 Å². The third-order valence-electron chi connectivity index (χ3n) is 3.89. The Morgan fingerprint density at radius 3 is 2.72 bits per heavy atom. The van der Waals surface area contributed by atoms with E-state index < -0.39 is 10.0 Å². The van der Waals surface area contributed by atoms with Gasteiger partial charge in [-0.15, -0.1) is 11.8 Å². The fourth-order valence-corrected chi connectivity index (χ4v) is 4.79. The van der Waals surface area contributed by atoms with E-state index in [-0.39, 0.29) is 16.7 Å². The first kappa shape index (κ1) is 18.1. The van der Waals surface area contributed by atoms with Gasteiger partial charge in [-0.05, 0) is 48.9 Å². The first-order valence-corrected chi connectivity index (χ1v) is 10.5. The molecule has 132 valence electrons. The van der Waals surface area contributed by atoms with Gasteiger partial charge in [-0.2, -0.15) is 0 Å². The van der Waals surface area contributed by atoms with E-state index in [1.807, 2.05) is 6.92 Å². The number of halogens is 1. The van der Waals surface area contributed by atoms with E-state index in [0.717, 1.165) is 10.5 Å². The van der Waals surface area contributed by atoms with Gasteiger partial charge in [-0.25, -0.2) is 8.42 Å². The molecular weight excluding hydrogens is 380 g/mol. The smallest absolute Gasteiger partial charge is 0.261 e. The Morgan fingerprint density at radius 2 is 2.00 bits per heavy atom. The fourth-order valence-electron chi connectivity index (χ4n) is 2.39. The number of anilines is 2. The third-order valence-corrected chi connectivity index (χ3v) is 6.82. The second kappa shape index (κ2) is 6.90. The van der Waals surface area contributed by atoms with E-state index in [1.165, 1.54) is 17.8 Å². The first-order chi connectivity index (χ1) is 11.8. The van der Waals surface area contributed by atoms with Gasteiger partial charge >= 0.3 is 0 Å². The number of benzene rings is 2. The predicted octanol–water partition coefficient (Wildman–Crippen LogP) is 4.13. The monoisotopic (exact) mass is 396 g/mol. The summed E-state index contributed by atoms with van der Waals surface area (Å²) >= 11 is 7.44. The van der Waals surface area contributed by atoms with Crippen LogP contribution >= 0.6 is 23.4 Å². The Bertz CT molecular complexity index is 945. The van der Waals surface area contributed by atoms with E-state index in [0.29, 0.717) is 22.2 Å². The van der Waals surface area contributed by atoms with Crippen molar-refractivity contribution in [2.24, 2.45) is 5.92 Å². The van der Waals surface area contributed by atoms with Crippen LogP contribution in [0.3, 0.4) is 0 Å². The maximum absolute atomic E-state index is 12.7. The minimum absolute atomic E-state index is 0.0936. The number of carbonyl (C=O) groups excluding carboxylic acids is 1. The molecule has 1 aliphatic rings. The average Bonchev–Trinajstić information content (AvgIpc) is 2.69. The molecule has 1 heterocycles. The summed E-state index contributed by atoms with van der Waals surface area (Å²) in [5.41, 5.74) is 1.71. The SMILES string of the molecule is Cc1cc(Cl)ccc1NS(=O)(=O)c1ccc2c(c1)NC(=O)C(C)CS2. The highest BCUT2D eigenvalue weighted by atomic mass is 35.5. The Morgan fingerprint density at radius 1 is 1.24 bits per heavy atom. The van der Waals surface area contributed by atoms with Crippen molar-refractivity contribution in [3.05, 3.63) is 47.0 Å². The van der Waals surface area contributed by atoms with Gasteiger partial charge in [-0.3, -0.25) is 9.52 Å². The highest BCUT2D eigenvalue weighted by molar-refractivity contribution is 7.99. The van der Waals surface area contributed by atoms with Crippen LogP contribution < -0.4 is 10.0 Å². The topological polar surface area (TPSA) is 75.3 Å². The zero-order valence-electron chi connectivity index (χ0n) is 13.7. The number of thioether (sulfide) groups is 1. The lowest BCUT2D eigenvalue weighted by atomic mass is 10.2. The molecule has 1 aliphatic heterocycles. The van der Waals surface area contributed by atoms with Crippen LogP contribution in [0.5, 0.6) is 0 Å². The highest BCUT2D eigenvalue weighted by Crippen LogP contribution is 2.34.